The van der Waals surface area contributed by atoms with E-state index in [0.29, 0.717) is 19.1 Å². The lowest BCUT2D eigenvalue weighted by Gasteiger charge is -2.36. The van der Waals surface area contributed by atoms with E-state index in [1.165, 1.54) is 6.42 Å². The molecule has 0 aromatic rings. The number of rotatable bonds is 6. The van der Waals surface area contributed by atoms with Gasteiger partial charge < -0.3 is 9.47 Å². The predicted octanol–water partition coefficient (Wildman–Crippen LogP) is 2.95. The van der Waals surface area contributed by atoms with E-state index in [1.807, 2.05) is 0 Å². The average molecular weight is 325 g/mol. The smallest absolute Gasteiger partial charge is 0.233 e. The van der Waals surface area contributed by atoms with E-state index in [0.717, 1.165) is 51.7 Å². The molecule has 0 atom stereocenters. The van der Waals surface area contributed by atoms with Crippen LogP contribution in [0, 0.1) is 11.3 Å². The van der Waals surface area contributed by atoms with Gasteiger partial charge in [0.25, 0.3) is 0 Å². The van der Waals surface area contributed by atoms with Crippen LogP contribution in [0.15, 0.2) is 0 Å². The Bertz CT molecular complexity index is 384. The van der Waals surface area contributed by atoms with Gasteiger partial charge in [0.15, 0.2) is 0 Å². The first-order valence-corrected chi connectivity index (χ1v) is 10.0. The van der Waals surface area contributed by atoms with E-state index >= 15 is 0 Å². The van der Waals surface area contributed by atoms with E-state index in [1.54, 1.807) is 0 Å². The quantitative estimate of drug-likeness (QED) is 0.705. The van der Waals surface area contributed by atoms with Crippen LogP contribution in [0.25, 0.3) is 0 Å². The van der Waals surface area contributed by atoms with Crippen molar-refractivity contribution < 1.29 is 17.9 Å². The Kier molecular flexibility index (Phi) is 6.14. The number of hydrogen-bond donors (Lipinski definition) is 0. The van der Waals surface area contributed by atoms with Gasteiger partial charge in [0, 0.05) is 35.9 Å². The Morgan fingerprint density at radius 3 is 2.40 bits per heavy atom. The van der Waals surface area contributed by atoms with Gasteiger partial charge in [-0.1, -0.05) is 19.3 Å². The van der Waals surface area contributed by atoms with Crippen LogP contribution in [0.4, 0.5) is 0 Å². The minimum atomic E-state index is -3.47. The van der Waals surface area contributed by atoms with Crippen molar-refractivity contribution in [3.05, 3.63) is 0 Å². The van der Waals surface area contributed by atoms with Gasteiger partial charge in [0.05, 0.1) is 12.4 Å². The minimum Gasteiger partial charge on any atom is -0.381 e. The fourth-order valence-corrected chi connectivity index (χ4v) is 5.15. The molecule has 0 spiro atoms. The summed E-state index contributed by atoms with van der Waals surface area (Å²) in [5, 5.41) is 0. The Morgan fingerprint density at radius 2 is 1.80 bits per heavy atom. The van der Waals surface area contributed by atoms with Crippen molar-refractivity contribution >= 4 is 19.7 Å². The van der Waals surface area contributed by atoms with E-state index in [4.69, 9.17) is 20.2 Å². The maximum absolute atomic E-state index is 11.5. The maximum Gasteiger partial charge on any atom is 0.233 e. The van der Waals surface area contributed by atoms with E-state index < -0.39 is 9.05 Å². The molecular weight excluding hydrogens is 300 g/mol. The molecule has 2 fully saturated rings. The fraction of sp³-hybridized carbons (Fsp3) is 1.00. The largest absolute Gasteiger partial charge is 0.381 e. The molecule has 1 aliphatic heterocycles. The van der Waals surface area contributed by atoms with Crippen LogP contribution in [0.3, 0.4) is 0 Å². The molecule has 1 heterocycles. The molecule has 2 rings (SSSR count). The van der Waals surface area contributed by atoms with Crippen LogP contribution < -0.4 is 0 Å². The van der Waals surface area contributed by atoms with Crippen molar-refractivity contribution in [2.75, 3.05) is 32.2 Å². The summed E-state index contributed by atoms with van der Waals surface area (Å²) in [6.07, 6.45) is 7.24. The number of hydrogen-bond acceptors (Lipinski definition) is 4. The molecule has 1 saturated heterocycles. The molecule has 0 N–H and O–H groups in total. The summed E-state index contributed by atoms with van der Waals surface area (Å²) in [5.41, 5.74) is -0.260. The van der Waals surface area contributed by atoms with E-state index in [-0.39, 0.29) is 11.2 Å². The Morgan fingerprint density at radius 1 is 1.15 bits per heavy atom. The number of ether oxygens (including phenoxy) is 2. The molecule has 0 radical (unpaired) electrons. The van der Waals surface area contributed by atoms with Gasteiger partial charge in [-0.15, -0.1) is 0 Å². The Labute approximate surface area is 126 Å². The molecule has 0 aromatic carbocycles. The van der Waals surface area contributed by atoms with Crippen LogP contribution in [0.1, 0.15) is 44.9 Å². The first-order chi connectivity index (χ1) is 9.49. The predicted molar refractivity (Wildman–Crippen MR) is 79.5 cm³/mol. The lowest BCUT2D eigenvalue weighted by atomic mass is 9.76. The summed E-state index contributed by atoms with van der Waals surface area (Å²) < 4.78 is 34.1. The molecule has 0 unspecified atom stereocenters. The molecule has 1 aliphatic carbocycles. The molecule has 0 aromatic heterocycles. The SMILES string of the molecule is O=S(=O)(Cl)CC1(COCC2CCOCC2)CCCCC1. The van der Waals surface area contributed by atoms with Gasteiger partial charge in [-0.3, -0.25) is 0 Å². The van der Waals surface area contributed by atoms with Crippen LogP contribution in [0.5, 0.6) is 0 Å². The third-order valence-corrected chi connectivity index (χ3v) is 5.78. The molecule has 2 aliphatic rings. The third-order valence-electron chi connectivity index (χ3n) is 4.50. The standard InChI is InChI=1S/C14H25ClO4S/c15-20(16,17)12-14(6-2-1-3-7-14)11-19-10-13-4-8-18-9-5-13/h13H,1-12H2. The summed E-state index contributed by atoms with van der Waals surface area (Å²) >= 11 is 0. The van der Waals surface area contributed by atoms with Crippen LogP contribution >= 0.6 is 10.7 Å². The van der Waals surface area contributed by atoms with Gasteiger partial charge in [-0.2, -0.15) is 0 Å². The third kappa shape index (κ3) is 5.51. The van der Waals surface area contributed by atoms with Gasteiger partial charge in [0.2, 0.25) is 9.05 Å². The summed E-state index contributed by atoms with van der Waals surface area (Å²) in [7, 11) is 2.02. The normalized spacial score (nSPS) is 24.6. The first kappa shape index (κ1) is 16.5. The highest BCUT2D eigenvalue weighted by Gasteiger charge is 2.36. The molecule has 1 saturated carbocycles. The second kappa shape index (κ2) is 7.43. The molecular formula is C14H25ClO4S. The molecule has 0 bridgehead atoms. The fourth-order valence-electron chi connectivity index (χ4n) is 3.35. The summed E-state index contributed by atoms with van der Waals surface area (Å²) in [5.74, 6) is 0.604. The van der Waals surface area contributed by atoms with Gasteiger partial charge in [-0.05, 0) is 31.6 Å². The highest BCUT2D eigenvalue weighted by molar-refractivity contribution is 8.13. The highest BCUT2D eigenvalue weighted by Crippen LogP contribution is 2.38. The summed E-state index contributed by atoms with van der Waals surface area (Å²) in [6.45, 7) is 2.87. The summed E-state index contributed by atoms with van der Waals surface area (Å²) in [6, 6.07) is 0. The van der Waals surface area contributed by atoms with Gasteiger partial charge in [0.1, 0.15) is 0 Å². The van der Waals surface area contributed by atoms with Gasteiger partial charge >= 0.3 is 0 Å². The van der Waals surface area contributed by atoms with Crippen molar-refractivity contribution in [3.63, 3.8) is 0 Å². The lowest BCUT2D eigenvalue weighted by Crippen LogP contribution is -2.36. The molecule has 118 valence electrons. The molecule has 0 amide bonds. The maximum atomic E-state index is 11.5. The van der Waals surface area contributed by atoms with Crippen LogP contribution in [-0.4, -0.2) is 40.6 Å². The average Bonchev–Trinajstić information content (AvgIpc) is 2.39. The van der Waals surface area contributed by atoms with E-state index in [2.05, 4.69) is 0 Å². The van der Waals surface area contributed by atoms with E-state index in [9.17, 15) is 8.42 Å². The topological polar surface area (TPSA) is 52.6 Å². The first-order valence-electron chi connectivity index (χ1n) is 7.57. The molecule has 20 heavy (non-hydrogen) atoms. The van der Waals surface area contributed by atoms with Crippen molar-refractivity contribution in [2.45, 2.75) is 44.9 Å². The van der Waals surface area contributed by atoms with Crippen molar-refractivity contribution in [3.8, 4) is 0 Å². The van der Waals surface area contributed by atoms with Crippen molar-refractivity contribution in [2.24, 2.45) is 11.3 Å². The Hall–Kier alpha value is 0.160. The number of halogens is 1. The van der Waals surface area contributed by atoms with Crippen LogP contribution in [-0.2, 0) is 18.5 Å². The lowest BCUT2D eigenvalue weighted by molar-refractivity contribution is -0.0135. The molecule has 4 nitrogen and oxygen atoms in total. The second-order valence-corrected chi connectivity index (χ2v) is 9.09. The Balaban J connectivity index is 1.83. The van der Waals surface area contributed by atoms with Crippen molar-refractivity contribution in [1.82, 2.24) is 0 Å². The zero-order valence-electron chi connectivity index (χ0n) is 12.0. The summed E-state index contributed by atoms with van der Waals surface area (Å²) in [4.78, 5) is 0. The minimum absolute atomic E-state index is 0.0509. The van der Waals surface area contributed by atoms with Crippen LogP contribution in [0.2, 0.25) is 0 Å². The monoisotopic (exact) mass is 324 g/mol. The zero-order valence-corrected chi connectivity index (χ0v) is 13.6. The van der Waals surface area contributed by atoms with Crippen molar-refractivity contribution in [1.29, 1.82) is 0 Å². The van der Waals surface area contributed by atoms with Gasteiger partial charge in [-0.25, -0.2) is 8.42 Å². The highest BCUT2D eigenvalue weighted by atomic mass is 35.7. The molecule has 6 heteroatoms. The second-order valence-electron chi connectivity index (χ2n) is 6.31. The zero-order chi connectivity index (χ0) is 14.5.